The number of amides is 1. The molecule has 0 bridgehead atoms. The molecule has 0 radical (unpaired) electrons. The molecule has 0 aromatic heterocycles. The predicted molar refractivity (Wildman–Crippen MR) is 61.5 cm³/mol. The highest BCUT2D eigenvalue weighted by Gasteiger charge is 2.17. The summed E-state index contributed by atoms with van der Waals surface area (Å²) in [5, 5.41) is 39.5. The third-order valence-electron chi connectivity index (χ3n) is 2.39. The van der Waals surface area contributed by atoms with Gasteiger partial charge in [-0.15, -0.1) is 0 Å². The Bertz CT molecular complexity index is 438. The van der Waals surface area contributed by atoms with Gasteiger partial charge in [0.25, 0.3) is 5.91 Å². The van der Waals surface area contributed by atoms with Gasteiger partial charge >= 0.3 is 0 Å². The zero-order chi connectivity index (χ0) is 13.7. The Labute approximate surface area is 103 Å². The highest BCUT2D eigenvalue weighted by molar-refractivity contribution is 5.81. The van der Waals surface area contributed by atoms with Crippen molar-refractivity contribution >= 4 is 5.91 Å². The Morgan fingerprint density at radius 1 is 1.28 bits per heavy atom. The normalized spacial score (nSPS) is 12.1. The number of aliphatic hydroxyl groups is 1. The van der Waals surface area contributed by atoms with Gasteiger partial charge in [0.2, 0.25) is 5.75 Å². The van der Waals surface area contributed by atoms with E-state index in [2.05, 4.69) is 5.32 Å². The maximum atomic E-state index is 11.2. The van der Waals surface area contributed by atoms with E-state index in [1.807, 2.05) is 5.43 Å². The summed E-state index contributed by atoms with van der Waals surface area (Å²) in [6, 6.07) is 1.63. The monoisotopic (exact) mass is 257 g/mol. The van der Waals surface area contributed by atoms with Crippen molar-refractivity contribution in [2.75, 3.05) is 6.61 Å². The fourth-order valence-corrected chi connectivity index (χ4v) is 1.33. The molecule has 1 aromatic rings. The number of aliphatic hydroxyl groups excluding tert-OH is 1. The van der Waals surface area contributed by atoms with E-state index in [0.717, 1.165) is 0 Å². The number of hydrogen-bond acceptors (Lipinski definition) is 7. The van der Waals surface area contributed by atoms with Crippen LogP contribution in [0.1, 0.15) is 5.56 Å². The second-order valence-corrected chi connectivity index (χ2v) is 3.57. The number of carbonyl (C=O) groups excluding carboxylic acids is 1. The number of benzene rings is 1. The summed E-state index contributed by atoms with van der Waals surface area (Å²) in [5.74, 6) is 2.72. The minimum atomic E-state index is -0.939. The summed E-state index contributed by atoms with van der Waals surface area (Å²) in [5.41, 5.74) is 2.13. The minimum Gasteiger partial charge on any atom is -0.504 e. The number of hydrogen-bond donors (Lipinski definition) is 7. The zero-order valence-electron chi connectivity index (χ0n) is 9.42. The topological polar surface area (TPSA) is 148 Å². The lowest BCUT2D eigenvalue weighted by atomic mass is 10.1. The van der Waals surface area contributed by atoms with Gasteiger partial charge in [-0.3, -0.25) is 15.5 Å². The van der Waals surface area contributed by atoms with Crippen molar-refractivity contribution in [3.05, 3.63) is 17.7 Å². The maximum absolute atomic E-state index is 11.2. The van der Waals surface area contributed by atoms with E-state index < -0.39 is 35.8 Å². The van der Waals surface area contributed by atoms with Crippen molar-refractivity contribution in [1.82, 2.24) is 10.7 Å². The lowest BCUT2D eigenvalue weighted by molar-refractivity contribution is -0.124. The molecule has 8 nitrogen and oxygen atoms in total. The summed E-state index contributed by atoms with van der Waals surface area (Å²) in [6.45, 7) is -0.480. The number of nitrogens with two attached hydrogens (primary N) is 1. The Hall–Kier alpha value is -2.03. The number of hydrazine groups is 1. The molecule has 0 aliphatic rings. The average Bonchev–Trinajstić information content (AvgIpc) is 2.38. The Kier molecular flexibility index (Phi) is 4.72. The number of nitrogens with one attached hydrogen (secondary N) is 2. The first-order valence-corrected chi connectivity index (χ1v) is 5.08. The number of carbonyl (C=O) groups is 1. The van der Waals surface area contributed by atoms with Crippen LogP contribution >= 0.6 is 0 Å². The Morgan fingerprint density at radius 2 is 1.94 bits per heavy atom. The van der Waals surface area contributed by atoms with Crippen molar-refractivity contribution < 1.29 is 25.2 Å². The van der Waals surface area contributed by atoms with Gasteiger partial charge in [0.15, 0.2) is 11.5 Å². The molecule has 0 heterocycles. The molecular weight excluding hydrogens is 242 g/mol. The molecule has 1 rings (SSSR count). The first-order valence-electron chi connectivity index (χ1n) is 5.08. The molecule has 0 saturated carbocycles. The third-order valence-corrected chi connectivity index (χ3v) is 2.39. The van der Waals surface area contributed by atoms with Gasteiger partial charge in [-0.05, 0) is 6.07 Å². The highest BCUT2D eigenvalue weighted by atomic mass is 16.3. The van der Waals surface area contributed by atoms with E-state index in [4.69, 9.17) is 16.1 Å². The first-order chi connectivity index (χ1) is 8.51. The van der Waals surface area contributed by atoms with E-state index in [-0.39, 0.29) is 12.1 Å². The van der Waals surface area contributed by atoms with Crippen molar-refractivity contribution in [2.24, 2.45) is 5.84 Å². The fourth-order valence-electron chi connectivity index (χ4n) is 1.33. The molecule has 0 spiro atoms. The summed E-state index contributed by atoms with van der Waals surface area (Å²) in [6.07, 6.45) is 0. The SMILES string of the molecule is NNC(=O)[C@H](CO)NCc1ccc(O)c(O)c1O. The first kappa shape index (κ1) is 14.0. The lowest BCUT2D eigenvalue weighted by Gasteiger charge is -2.15. The van der Waals surface area contributed by atoms with Gasteiger partial charge in [-0.1, -0.05) is 6.07 Å². The van der Waals surface area contributed by atoms with Crippen LogP contribution in [0.2, 0.25) is 0 Å². The Morgan fingerprint density at radius 3 is 2.50 bits per heavy atom. The van der Waals surface area contributed by atoms with Crippen LogP contribution in [0, 0.1) is 0 Å². The van der Waals surface area contributed by atoms with Gasteiger partial charge in [0, 0.05) is 12.1 Å². The molecule has 1 atom stereocenters. The summed E-state index contributed by atoms with van der Waals surface area (Å²) >= 11 is 0. The molecule has 0 aliphatic heterocycles. The molecule has 8 N–H and O–H groups in total. The second-order valence-electron chi connectivity index (χ2n) is 3.57. The van der Waals surface area contributed by atoms with Gasteiger partial charge < -0.3 is 20.4 Å². The van der Waals surface area contributed by atoms with E-state index in [1.54, 1.807) is 0 Å². The summed E-state index contributed by atoms with van der Waals surface area (Å²) in [4.78, 5) is 11.2. The third kappa shape index (κ3) is 3.00. The summed E-state index contributed by atoms with van der Waals surface area (Å²) < 4.78 is 0. The van der Waals surface area contributed by atoms with Crippen molar-refractivity contribution in [1.29, 1.82) is 0 Å². The van der Waals surface area contributed by atoms with E-state index in [1.165, 1.54) is 12.1 Å². The quantitative estimate of drug-likeness (QED) is 0.143. The van der Waals surface area contributed by atoms with Crippen molar-refractivity contribution in [3.8, 4) is 17.2 Å². The predicted octanol–water partition coefficient (Wildman–Crippen LogP) is -1.76. The molecule has 1 amide bonds. The van der Waals surface area contributed by atoms with E-state index in [9.17, 15) is 15.0 Å². The molecule has 8 heteroatoms. The second kappa shape index (κ2) is 6.05. The van der Waals surface area contributed by atoms with Crippen LogP contribution in [-0.2, 0) is 11.3 Å². The highest BCUT2D eigenvalue weighted by Crippen LogP contribution is 2.36. The van der Waals surface area contributed by atoms with E-state index >= 15 is 0 Å². The molecule has 0 unspecified atom stereocenters. The van der Waals surface area contributed by atoms with Crippen LogP contribution < -0.4 is 16.6 Å². The molecule has 0 saturated heterocycles. The van der Waals surface area contributed by atoms with Gasteiger partial charge in [-0.2, -0.15) is 0 Å². The maximum Gasteiger partial charge on any atom is 0.253 e. The number of aromatic hydroxyl groups is 3. The number of rotatable bonds is 5. The average molecular weight is 257 g/mol. The fraction of sp³-hybridized carbons (Fsp3) is 0.300. The smallest absolute Gasteiger partial charge is 0.253 e. The Balaban J connectivity index is 2.74. The van der Waals surface area contributed by atoms with Crippen LogP contribution in [0.25, 0.3) is 0 Å². The summed E-state index contributed by atoms with van der Waals surface area (Å²) in [7, 11) is 0. The van der Waals surface area contributed by atoms with Crippen LogP contribution in [-0.4, -0.2) is 39.0 Å². The molecule has 18 heavy (non-hydrogen) atoms. The van der Waals surface area contributed by atoms with Gasteiger partial charge in [0.1, 0.15) is 6.04 Å². The molecule has 1 aromatic carbocycles. The standard InChI is InChI=1S/C10H15N3O5/c11-13-10(18)6(4-14)12-3-5-1-2-7(15)9(17)8(5)16/h1-2,6,12,14-17H,3-4,11H2,(H,13,18)/t6-/m0/s1. The van der Waals surface area contributed by atoms with Gasteiger partial charge in [-0.25, -0.2) is 5.84 Å². The minimum absolute atomic E-state index is 0.00167. The van der Waals surface area contributed by atoms with Crippen molar-refractivity contribution in [3.63, 3.8) is 0 Å². The molecular formula is C10H15N3O5. The number of phenolic OH excluding ortho intramolecular Hbond substituents is 3. The lowest BCUT2D eigenvalue weighted by Crippen LogP contribution is -2.48. The van der Waals surface area contributed by atoms with E-state index in [0.29, 0.717) is 0 Å². The number of phenols is 3. The van der Waals surface area contributed by atoms with Gasteiger partial charge in [0.05, 0.1) is 6.61 Å². The zero-order valence-corrected chi connectivity index (χ0v) is 9.42. The molecule has 0 aliphatic carbocycles. The van der Waals surface area contributed by atoms with Crippen molar-refractivity contribution in [2.45, 2.75) is 12.6 Å². The molecule has 0 fully saturated rings. The van der Waals surface area contributed by atoms with Crippen LogP contribution in [0.5, 0.6) is 17.2 Å². The molecule has 100 valence electrons. The van der Waals surface area contributed by atoms with Crippen LogP contribution in [0.4, 0.5) is 0 Å². The van der Waals surface area contributed by atoms with Crippen LogP contribution in [0.15, 0.2) is 12.1 Å². The largest absolute Gasteiger partial charge is 0.504 e. The van der Waals surface area contributed by atoms with Crippen LogP contribution in [0.3, 0.4) is 0 Å².